The van der Waals surface area contributed by atoms with Crippen LogP contribution in [0, 0.1) is 5.92 Å². The number of hydrogen-bond acceptors (Lipinski definition) is 2. The quantitative estimate of drug-likeness (QED) is 0.576. The van der Waals surface area contributed by atoms with Crippen molar-refractivity contribution in [3.8, 4) is 0 Å². The van der Waals surface area contributed by atoms with E-state index >= 15 is 0 Å². The van der Waals surface area contributed by atoms with Crippen molar-refractivity contribution < 1.29 is 4.79 Å². The number of carbonyl (C=O) groups is 1. The maximum Gasteiger partial charge on any atom is 0.224 e. The molecule has 2 fully saturated rings. The van der Waals surface area contributed by atoms with Crippen LogP contribution in [0.3, 0.4) is 0 Å². The van der Waals surface area contributed by atoms with Crippen LogP contribution in [-0.2, 0) is 4.79 Å². The lowest BCUT2D eigenvalue weighted by Crippen LogP contribution is -2.30. The van der Waals surface area contributed by atoms with E-state index in [0.29, 0.717) is 18.4 Å². The number of hydrogen-bond donors (Lipinski definition) is 1. The summed E-state index contributed by atoms with van der Waals surface area (Å²) >= 11 is 0. The van der Waals surface area contributed by atoms with Crippen molar-refractivity contribution in [1.82, 2.24) is 4.90 Å². The zero-order chi connectivity index (χ0) is 8.01. The molecule has 0 unspecified atom stereocenters. The molecule has 1 aliphatic carbocycles. The van der Waals surface area contributed by atoms with E-state index in [1.807, 2.05) is 4.90 Å². The van der Waals surface area contributed by atoms with Gasteiger partial charge in [-0.15, -0.1) is 0 Å². The molecule has 62 valence electrons. The molecule has 0 aromatic rings. The van der Waals surface area contributed by atoms with Gasteiger partial charge in [0.2, 0.25) is 5.91 Å². The van der Waals surface area contributed by atoms with Gasteiger partial charge in [0.1, 0.15) is 0 Å². The summed E-state index contributed by atoms with van der Waals surface area (Å²) in [6, 6.07) is 0.617. The summed E-state index contributed by atoms with van der Waals surface area (Å²) in [6.07, 6.45) is 1.74. The summed E-state index contributed by atoms with van der Waals surface area (Å²) in [5, 5.41) is 0. The first kappa shape index (κ1) is 7.10. The van der Waals surface area contributed by atoms with Crippen LogP contribution < -0.4 is 5.73 Å². The fourth-order valence-corrected chi connectivity index (χ4v) is 1.82. The van der Waals surface area contributed by atoms with Gasteiger partial charge in [0.25, 0.3) is 0 Å². The molecule has 1 saturated carbocycles. The van der Waals surface area contributed by atoms with Crippen molar-refractivity contribution in [2.75, 3.05) is 6.54 Å². The van der Waals surface area contributed by atoms with Crippen LogP contribution in [0.15, 0.2) is 0 Å². The lowest BCUT2D eigenvalue weighted by Gasteiger charge is -2.14. The van der Waals surface area contributed by atoms with Crippen LogP contribution in [0.25, 0.3) is 0 Å². The highest BCUT2D eigenvalue weighted by molar-refractivity contribution is 5.80. The van der Waals surface area contributed by atoms with Gasteiger partial charge in [-0.25, -0.2) is 0 Å². The minimum absolute atomic E-state index is 0.0929. The first-order valence-corrected chi connectivity index (χ1v) is 4.23. The van der Waals surface area contributed by atoms with Crippen molar-refractivity contribution in [3.05, 3.63) is 0 Å². The summed E-state index contributed by atoms with van der Waals surface area (Å²) in [4.78, 5) is 13.2. The Morgan fingerprint density at radius 3 is 2.64 bits per heavy atom. The topological polar surface area (TPSA) is 46.3 Å². The Labute approximate surface area is 66.5 Å². The molecule has 1 heterocycles. The molecule has 0 bridgehead atoms. The number of amides is 1. The Balaban J connectivity index is 1.99. The molecule has 0 aromatic carbocycles. The summed E-state index contributed by atoms with van der Waals surface area (Å²) in [6.45, 7) is 2.97. The summed E-state index contributed by atoms with van der Waals surface area (Å²) in [5.41, 5.74) is 5.66. The highest BCUT2D eigenvalue weighted by atomic mass is 16.2. The van der Waals surface area contributed by atoms with Gasteiger partial charge in [-0.05, 0) is 12.3 Å². The zero-order valence-electron chi connectivity index (χ0n) is 6.79. The second-order valence-corrected chi connectivity index (χ2v) is 3.79. The molecule has 3 atom stereocenters. The van der Waals surface area contributed by atoms with Crippen molar-refractivity contribution in [1.29, 1.82) is 0 Å². The van der Waals surface area contributed by atoms with E-state index in [4.69, 9.17) is 5.73 Å². The Bertz CT molecular complexity index is 193. The molecule has 3 heteroatoms. The number of nitrogens with zero attached hydrogens (tertiary/aromatic N) is 1. The average Bonchev–Trinajstić information content (AvgIpc) is 2.52. The zero-order valence-corrected chi connectivity index (χ0v) is 6.79. The summed E-state index contributed by atoms with van der Waals surface area (Å²) < 4.78 is 0. The van der Waals surface area contributed by atoms with Crippen LogP contribution in [0.5, 0.6) is 0 Å². The molecule has 2 N–H and O–H groups in total. The van der Waals surface area contributed by atoms with Gasteiger partial charge in [-0.1, -0.05) is 6.92 Å². The lowest BCUT2D eigenvalue weighted by atomic mass is 10.3. The van der Waals surface area contributed by atoms with Crippen molar-refractivity contribution in [3.63, 3.8) is 0 Å². The second-order valence-electron chi connectivity index (χ2n) is 3.79. The molecule has 3 nitrogen and oxygen atoms in total. The predicted molar refractivity (Wildman–Crippen MR) is 41.9 cm³/mol. The molecule has 0 radical (unpaired) electrons. The van der Waals surface area contributed by atoms with Crippen LogP contribution in [0.4, 0.5) is 0 Å². The minimum Gasteiger partial charge on any atom is -0.338 e. The predicted octanol–water partition coefficient (Wildman–Crippen LogP) is -0.0456. The Kier molecular flexibility index (Phi) is 1.42. The highest BCUT2D eigenvalue weighted by Crippen LogP contribution is 2.36. The van der Waals surface area contributed by atoms with E-state index in [-0.39, 0.29) is 11.9 Å². The van der Waals surface area contributed by atoms with Gasteiger partial charge >= 0.3 is 0 Å². The number of likely N-dealkylation sites (tertiary alicyclic amines) is 1. The maximum atomic E-state index is 11.3. The van der Waals surface area contributed by atoms with E-state index < -0.39 is 0 Å². The summed E-state index contributed by atoms with van der Waals surface area (Å²) in [7, 11) is 0. The third kappa shape index (κ3) is 1.13. The number of rotatable bonds is 1. The van der Waals surface area contributed by atoms with Gasteiger partial charge in [-0.2, -0.15) is 0 Å². The Morgan fingerprint density at radius 1 is 1.64 bits per heavy atom. The minimum atomic E-state index is 0.0929. The molecule has 2 rings (SSSR count). The van der Waals surface area contributed by atoms with Crippen LogP contribution in [0.1, 0.15) is 19.8 Å². The van der Waals surface area contributed by atoms with E-state index in [9.17, 15) is 4.79 Å². The van der Waals surface area contributed by atoms with E-state index in [1.165, 1.54) is 6.42 Å². The second kappa shape index (κ2) is 2.21. The molecule has 0 aromatic heterocycles. The largest absolute Gasteiger partial charge is 0.338 e. The van der Waals surface area contributed by atoms with Crippen molar-refractivity contribution >= 4 is 5.91 Å². The van der Waals surface area contributed by atoms with Crippen LogP contribution in [0.2, 0.25) is 0 Å². The van der Waals surface area contributed by atoms with Gasteiger partial charge in [0.15, 0.2) is 0 Å². The fourth-order valence-electron chi connectivity index (χ4n) is 1.82. The molecular formula is C8H14N2O. The maximum absolute atomic E-state index is 11.3. The molecule has 2 aliphatic rings. The molecule has 1 saturated heterocycles. The van der Waals surface area contributed by atoms with Crippen molar-refractivity contribution in [2.24, 2.45) is 11.7 Å². The van der Waals surface area contributed by atoms with Gasteiger partial charge in [-0.3, -0.25) is 4.79 Å². The van der Waals surface area contributed by atoms with Crippen molar-refractivity contribution in [2.45, 2.75) is 31.8 Å². The van der Waals surface area contributed by atoms with Crippen LogP contribution in [-0.4, -0.2) is 29.4 Å². The van der Waals surface area contributed by atoms with Gasteiger partial charge in [0.05, 0.1) is 0 Å². The highest BCUT2D eigenvalue weighted by Gasteiger charge is 2.43. The molecule has 1 amide bonds. The molecule has 0 spiro atoms. The molecule has 11 heavy (non-hydrogen) atoms. The molecule has 1 aliphatic heterocycles. The normalized spacial score (nSPS) is 43.3. The Morgan fingerprint density at radius 2 is 2.27 bits per heavy atom. The van der Waals surface area contributed by atoms with E-state index in [1.54, 1.807) is 0 Å². The summed E-state index contributed by atoms with van der Waals surface area (Å²) in [5.74, 6) is 0.969. The van der Waals surface area contributed by atoms with E-state index in [0.717, 1.165) is 6.54 Å². The first-order chi connectivity index (χ1) is 5.18. The number of nitrogens with two attached hydrogens (primary N) is 1. The smallest absolute Gasteiger partial charge is 0.224 e. The SMILES string of the molecule is C[C@H]1C[C@@H]1N1C[C@H](N)CC1=O. The van der Waals surface area contributed by atoms with E-state index in [2.05, 4.69) is 6.92 Å². The van der Waals surface area contributed by atoms with Crippen LogP contribution >= 0.6 is 0 Å². The standard InChI is InChI=1S/C8H14N2O/c1-5-2-7(5)10-4-6(9)3-8(10)11/h5-7H,2-4,9H2,1H3/t5-,6+,7-/m0/s1. The third-order valence-electron chi connectivity index (χ3n) is 2.66. The van der Waals surface area contributed by atoms with Gasteiger partial charge in [0, 0.05) is 25.0 Å². The Hall–Kier alpha value is -0.570. The number of carbonyl (C=O) groups excluding carboxylic acids is 1. The lowest BCUT2D eigenvalue weighted by molar-refractivity contribution is -0.128. The molecular weight excluding hydrogens is 140 g/mol. The third-order valence-corrected chi connectivity index (χ3v) is 2.66. The fraction of sp³-hybridized carbons (Fsp3) is 0.875. The van der Waals surface area contributed by atoms with Gasteiger partial charge < -0.3 is 10.6 Å². The first-order valence-electron chi connectivity index (χ1n) is 4.23. The average molecular weight is 154 g/mol. The monoisotopic (exact) mass is 154 g/mol.